The number of benzene rings is 1. The molecule has 2 aromatic rings. The molecule has 1 fully saturated rings. The summed E-state index contributed by atoms with van der Waals surface area (Å²) in [5, 5.41) is 10.2. The Morgan fingerprint density at radius 1 is 1.41 bits per heavy atom. The Balaban J connectivity index is 2.06. The highest BCUT2D eigenvalue weighted by Crippen LogP contribution is 2.34. The third-order valence-electron chi connectivity index (χ3n) is 4.26. The number of aromatic amines is 1. The molecule has 0 aliphatic heterocycles. The minimum absolute atomic E-state index is 0.0149. The summed E-state index contributed by atoms with van der Waals surface area (Å²) in [6.45, 7) is 0. The van der Waals surface area contributed by atoms with Gasteiger partial charge in [0.1, 0.15) is 11.3 Å². The summed E-state index contributed by atoms with van der Waals surface area (Å²) < 4.78 is 5.11. The number of aromatic nitrogens is 1. The first-order valence-corrected chi connectivity index (χ1v) is 7.56. The van der Waals surface area contributed by atoms with Gasteiger partial charge in [-0.3, -0.25) is 4.79 Å². The van der Waals surface area contributed by atoms with Gasteiger partial charge in [-0.25, -0.2) is 4.79 Å². The molecule has 1 saturated carbocycles. The molecule has 5 nitrogen and oxygen atoms in total. The molecule has 116 valence electrons. The number of pyridine rings is 1. The van der Waals surface area contributed by atoms with Crippen molar-refractivity contribution in [3.63, 3.8) is 0 Å². The standard InChI is InChI=1S/C17H19NO4/c1-22-13-8-7-12-11(4-2-3-10-5-6-10)9-14(19)18-16(12)15(13)17(20)21/h7-10H,2-6H2,1H3,(H,18,19)(H,20,21). The molecule has 0 spiro atoms. The second-order valence-corrected chi connectivity index (χ2v) is 5.86. The van der Waals surface area contributed by atoms with Crippen molar-refractivity contribution < 1.29 is 14.6 Å². The second-order valence-electron chi connectivity index (χ2n) is 5.86. The summed E-state index contributed by atoms with van der Waals surface area (Å²) in [5.41, 5.74) is 0.996. The molecule has 1 heterocycles. The van der Waals surface area contributed by atoms with Gasteiger partial charge in [0.2, 0.25) is 5.56 Å². The number of carboxylic acids is 1. The maximum Gasteiger partial charge on any atom is 0.341 e. The summed E-state index contributed by atoms with van der Waals surface area (Å²) in [4.78, 5) is 26.1. The monoisotopic (exact) mass is 301 g/mol. The van der Waals surface area contributed by atoms with E-state index in [2.05, 4.69) is 4.98 Å². The smallest absolute Gasteiger partial charge is 0.341 e. The number of methoxy groups -OCH3 is 1. The molecule has 3 rings (SSSR count). The third kappa shape index (κ3) is 2.84. The number of carbonyl (C=O) groups is 1. The predicted octanol–water partition coefficient (Wildman–Crippen LogP) is 2.97. The zero-order chi connectivity index (χ0) is 15.7. The zero-order valence-electron chi connectivity index (χ0n) is 12.5. The fourth-order valence-electron chi connectivity index (χ4n) is 2.95. The highest BCUT2D eigenvalue weighted by atomic mass is 16.5. The Hall–Kier alpha value is -2.30. The highest BCUT2D eigenvalue weighted by molar-refractivity contribution is 6.05. The van der Waals surface area contributed by atoms with E-state index in [9.17, 15) is 14.7 Å². The van der Waals surface area contributed by atoms with Gasteiger partial charge in [-0.15, -0.1) is 0 Å². The number of ether oxygens (including phenoxy) is 1. The first-order chi connectivity index (χ1) is 10.6. The number of H-pyrrole nitrogens is 1. The van der Waals surface area contributed by atoms with Crippen molar-refractivity contribution in [3.8, 4) is 5.75 Å². The van der Waals surface area contributed by atoms with Crippen LogP contribution in [0, 0.1) is 5.92 Å². The molecule has 0 radical (unpaired) electrons. The van der Waals surface area contributed by atoms with Crippen molar-refractivity contribution in [1.29, 1.82) is 0 Å². The van der Waals surface area contributed by atoms with Crippen molar-refractivity contribution in [3.05, 3.63) is 39.7 Å². The van der Waals surface area contributed by atoms with Gasteiger partial charge in [-0.05, 0) is 36.5 Å². The van der Waals surface area contributed by atoms with E-state index in [4.69, 9.17) is 4.74 Å². The summed E-state index contributed by atoms with van der Waals surface area (Å²) in [6.07, 6.45) is 5.63. The Morgan fingerprint density at radius 2 is 2.18 bits per heavy atom. The van der Waals surface area contributed by atoms with Crippen LogP contribution in [0.5, 0.6) is 5.75 Å². The van der Waals surface area contributed by atoms with Gasteiger partial charge in [-0.1, -0.05) is 19.3 Å². The van der Waals surface area contributed by atoms with Crippen molar-refractivity contribution in [2.45, 2.75) is 32.1 Å². The van der Waals surface area contributed by atoms with E-state index >= 15 is 0 Å². The van der Waals surface area contributed by atoms with Crippen LogP contribution in [0.2, 0.25) is 0 Å². The maximum atomic E-state index is 11.9. The number of rotatable bonds is 6. The largest absolute Gasteiger partial charge is 0.496 e. The van der Waals surface area contributed by atoms with E-state index in [1.165, 1.54) is 26.4 Å². The van der Waals surface area contributed by atoms with Crippen molar-refractivity contribution >= 4 is 16.9 Å². The van der Waals surface area contributed by atoms with Crippen LogP contribution in [0.15, 0.2) is 23.0 Å². The lowest BCUT2D eigenvalue weighted by Gasteiger charge is -2.11. The predicted molar refractivity (Wildman–Crippen MR) is 83.7 cm³/mol. The zero-order valence-corrected chi connectivity index (χ0v) is 12.5. The van der Waals surface area contributed by atoms with Crippen molar-refractivity contribution in [2.24, 2.45) is 5.92 Å². The molecular formula is C17H19NO4. The SMILES string of the molecule is COc1ccc2c(CCCC3CC3)cc(=O)[nH]c2c1C(=O)O. The normalized spacial score (nSPS) is 14.2. The molecule has 1 aliphatic carbocycles. The number of hydrogen-bond donors (Lipinski definition) is 2. The van der Waals surface area contributed by atoms with Gasteiger partial charge >= 0.3 is 5.97 Å². The minimum atomic E-state index is -1.10. The van der Waals surface area contributed by atoms with E-state index in [1.54, 1.807) is 12.1 Å². The van der Waals surface area contributed by atoms with Gasteiger partial charge in [0.05, 0.1) is 12.6 Å². The Morgan fingerprint density at radius 3 is 2.82 bits per heavy atom. The summed E-state index contributed by atoms with van der Waals surface area (Å²) in [6, 6.07) is 5.05. The molecule has 2 N–H and O–H groups in total. The molecule has 22 heavy (non-hydrogen) atoms. The number of hydrogen-bond acceptors (Lipinski definition) is 3. The van der Waals surface area contributed by atoms with Crippen molar-refractivity contribution in [2.75, 3.05) is 7.11 Å². The van der Waals surface area contributed by atoms with Gasteiger partial charge in [0.25, 0.3) is 0 Å². The maximum absolute atomic E-state index is 11.9. The number of aryl methyl sites for hydroxylation is 1. The summed E-state index contributed by atoms with van der Waals surface area (Å²) in [5.74, 6) is 0.00180. The van der Waals surface area contributed by atoms with Crippen LogP contribution in [0.25, 0.3) is 10.9 Å². The van der Waals surface area contributed by atoms with Crippen LogP contribution >= 0.6 is 0 Å². The van der Waals surface area contributed by atoms with Gasteiger partial charge < -0.3 is 14.8 Å². The first kappa shape index (κ1) is 14.6. The number of carboxylic acid groups (broad SMARTS) is 1. The van der Waals surface area contributed by atoms with Crippen LogP contribution < -0.4 is 10.3 Å². The molecule has 1 aromatic heterocycles. The highest BCUT2D eigenvalue weighted by Gasteiger charge is 2.21. The van der Waals surface area contributed by atoms with E-state index in [0.717, 1.165) is 29.7 Å². The minimum Gasteiger partial charge on any atom is -0.496 e. The average Bonchev–Trinajstić information content (AvgIpc) is 3.29. The molecule has 0 bridgehead atoms. The van der Waals surface area contributed by atoms with Crippen LogP contribution in [-0.4, -0.2) is 23.2 Å². The van der Waals surface area contributed by atoms with E-state index < -0.39 is 5.97 Å². The number of fused-ring (bicyclic) bond motifs is 1. The van der Waals surface area contributed by atoms with E-state index in [0.29, 0.717) is 5.52 Å². The molecule has 0 atom stereocenters. The molecule has 1 aromatic carbocycles. The van der Waals surface area contributed by atoms with Crippen LogP contribution in [0.1, 0.15) is 41.6 Å². The lowest BCUT2D eigenvalue weighted by Crippen LogP contribution is -2.11. The second kappa shape index (κ2) is 5.83. The van der Waals surface area contributed by atoms with Crippen LogP contribution in [0.4, 0.5) is 0 Å². The molecule has 5 heteroatoms. The van der Waals surface area contributed by atoms with Crippen LogP contribution in [0.3, 0.4) is 0 Å². The molecule has 1 aliphatic rings. The first-order valence-electron chi connectivity index (χ1n) is 7.56. The average molecular weight is 301 g/mol. The quantitative estimate of drug-likeness (QED) is 0.859. The number of aromatic carboxylic acids is 1. The van der Waals surface area contributed by atoms with Gasteiger partial charge in [0, 0.05) is 11.5 Å². The van der Waals surface area contributed by atoms with Crippen molar-refractivity contribution in [1.82, 2.24) is 4.98 Å². The van der Waals surface area contributed by atoms with E-state index in [1.807, 2.05) is 6.07 Å². The summed E-state index contributed by atoms with van der Waals surface area (Å²) >= 11 is 0. The fourth-order valence-corrected chi connectivity index (χ4v) is 2.95. The summed E-state index contributed by atoms with van der Waals surface area (Å²) in [7, 11) is 1.42. The van der Waals surface area contributed by atoms with E-state index in [-0.39, 0.29) is 16.9 Å². The van der Waals surface area contributed by atoms with Gasteiger partial charge in [-0.2, -0.15) is 0 Å². The topological polar surface area (TPSA) is 79.4 Å². The van der Waals surface area contributed by atoms with Gasteiger partial charge in [0.15, 0.2) is 0 Å². The van der Waals surface area contributed by atoms with Crippen LogP contribution in [-0.2, 0) is 6.42 Å². The number of nitrogens with one attached hydrogen (secondary N) is 1. The Labute approximate surface area is 127 Å². The third-order valence-corrected chi connectivity index (χ3v) is 4.26. The fraction of sp³-hybridized carbons (Fsp3) is 0.412. The molecule has 0 saturated heterocycles. The lowest BCUT2D eigenvalue weighted by atomic mass is 9.99. The molecule has 0 amide bonds. The lowest BCUT2D eigenvalue weighted by molar-refractivity contribution is 0.0695. The Bertz CT molecular complexity index is 774. The molecule has 0 unspecified atom stereocenters. The molecular weight excluding hydrogens is 282 g/mol. The Kier molecular flexibility index (Phi) is 3.88.